The third kappa shape index (κ3) is 2.61. The maximum Gasteiger partial charge on any atom is 0.135 e. The highest BCUT2D eigenvalue weighted by molar-refractivity contribution is 9.10. The van der Waals surface area contributed by atoms with Crippen molar-refractivity contribution >= 4 is 26.9 Å². The van der Waals surface area contributed by atoms with Gasteiger partial charge >= 0.3 is 0 Å². The largest absolute Gasteiger partial charge is 0.460 e. The smallest absolute Gasteiger partial charge is 0.135 e. The molecule has 2 nitrogen and oxygen atoms in total. The lowest BCUT2D eigenvalue weighted by Gasteiger charge is -2.04. The molecule has 0 spiro atoms. The Balaban J connectivity index is 2.23. The molecule has 0 atom stereocenters. The lowest BCUT2D eigenvalue weighted by molar-refractivity contribution is 0.488. The number of hydrogen-bond acceptors (Lipinski definition) is 2. The number of fused-ring (bicyclic) bond motifs is 1. The summed E-state index contributed by atoms with van der Waals surface area (Å²) in [6.07, 6.45) is 0. The highest BCUT2D eigenvalue weighted by Crippen LogP contribution is 2.23. The Kier molecular flexibility index (Phi) is 3.12. The maximum absolute atomic E-state index is 5.71. The summed E-state index contributed by atoms with van der Waals surface area (Å²) in [5, 5.41) is 4.48. The Hall–Kier alpha value is -0.800. The molecule has 2 rings (SSSR count). The molecule has 1 heterocycles. The second kappa shape index (κ2) is 4.37. The van der Waals surface area contributed by atoms with Crippen LogP contribution in [0, 0.1) is 0 Å². The second-order valence-electron chi connectivity index (χ2n) is 3.93. The van der Waals surface area contributed by atoms with Gasteiger partial charge in [-0.3, -0.25) is 0 Å². The molecular weight excluding hydrogens is 254 g/mol. The zero-order valence-corrected chi connectivity index (χ0v) is 10.5. The molecular formula is C12H14BrNO. The van der Waals surface area contributed by atoms with Crippen LogP contribution in [-0.4, -0.2) is 6.04 Å². The van der Waals surface area contributed by atoms with Crippen molar-refractivity contribution in [1.82, 2.24) is 5.32 Å². The van der Waals surface area contributed by atoms with Crippen molar-refractivity contribution in [2.24, 2.45) is 0 Å². The summed E-state index contributed by atoms with van der Waals surface area (Å²) >= 11 is 3.43. The van der Waals surface area contributed by atoms with E-state index in [2.05, 4.69) is 47.2 Å². The van der Waals surface area contributed by atoms with Crippen molar-refractivity contribution in [1.29, 1.82) is 0 Å². The van der Waals surface area contributed by atoms with Gasteiger partial charge in [-0.25, -0.2) is 0 Å². The zero-order chi connectivity index (χ0) is 10.8. The fraction of sp³-hybridized carbons (Fsp3) is 0.333. The number of hydrogen-bond donors (Lipinski definition) is 1. The van der Waals surface area contributed by atoms with E-state index in [0.29, 0.717) is 6.04 Å². The number of benzene rings is 1. The van der Waals surface area contributed by atoms with Gasteiger partial charge in [0.2, 0.25) is 0 Å². The quantitative estimate of drug-likeness (QED) is 0.918. The van der Waals surface area contributed by atoms with E-state index in [1.807, 2.05) is 12.1 Å². The van der Waals surface area contributed by atoms with Gasteiger partial charge in [0, 0.05) is 15.9 Å². The minimum Gasteiger partial charge on any atom is -0.460 e. The van der Waals surface area contributed by atoms with Crippen LogP contribution in [0.3, 0.4) is 0 Å². The van der Waals surface area contributed by atoms with E-state index >= 15 is 0 Å². The number of nitrogens with one attached hydrogen (secondary N) is 1. The predicted octanol–water partition coefficient (Wildman–Crippen LogP) is 3.69. The van der Waals surface area contributed by atoms with Crippen LogP contribution in [0.25, 0.3) is 11.0 Å². The molecule has 0 unspecified atom stereocenters. The molecule has 1 aromatic carbocycles. The normalized spacial score (nSPS) is 11.5. The molecule has 0 radical (unpaired) electrons. The highest BCUT2D eigenvalue weighted by atomic mass is 79.9. The minimum atomic E-state index is 0.477. The highest BCUT2D eigenvalue weighted by Gasteiger charge is 2.04. The van der Waals surface area contributed by atoms with Crippen LogP contribution in [0.15, 0.2) is 33.2 Å². The van der Waals surface area contributed by atoms with Crippen LogP contribution in [-0.2, 0) is 6.54 Å². The fourth-order valence-corrected chi connectivity index (χ4v) is 1.79. The summed E-state index contributed by atoms with van der Waals surface area (Å²) in [7, 11) is 0. The molecule has 3 heteroatoms. The summed E-state index contributed by atoms with van der Waals surface area (Å²) in [6.45, 7) is 5.03. The average Bonchev–Trinajstić information content (AvgIpc) is 2.56. The molecule has 0 bridgehead atoms. The first-order valence-corrected chi connectivity index (χ1v) is 5.86. The number of furan rings is 1. The van der Waals surface area contributed by atoms with Gasteiger partial charge in [0.05, 0.1) is 6.54 Å². The van der Waals surface area contributed by atoms with Crippen LogP contribution >= 0.6 is 15.9 Å². The molecule has 0 fully saturated rings. The Morgan fingerprint density at radius 2 is 2.13 bits per heavy atom. The van der Waals surface area contributed by atoms with Crippen molar-refractivity contribution in [3.63, 3.8) is 0 Å². The third-order valence-electron chi connectivity index (χ3n) is 2.22. The van der Waals surface area contributed by atoms with Crippen LogP contribution in [0.4, 0.5) is 0 Å². The SMILES string of the molecule is CC(C)NCc1cc2ccc(Br)cc2o1. The zero-order valence-electron chi connectivity index (χ0n) is 8.88. The molecule has 0 aliphatic carbocycles. The van der Waals surface area contributed by atoms with Gasteiger partial charge < -0.3 is 9.73 Å². The van der Waals surface area contributed by atoms with E-state index in [1.54, 1.807) is 0 Å². The van der Waals surface area contributed by atoms with Crippen molar-refractivity contribution in [3.05, 3.63) is 34.5 Å². The molecule has 1 aromatic heterocycles. The lowest BCUT2D eigenvalue weighted by atomic mass is 10.2. The van der Waals surface area contributed by atoms with E-state index in [9.17, 15) is 0 Å². The molecule has 15 heavy (non-hydrogen) atoms. The summed E-state index contributed by atoms with van der Waals surface area (Å²) in [5.41, 5.74) is 0.935. The summed E-state index contributed by atoms with van der Waals surface area (Å²) in [6, 6.07) is 8.63. The van der Waals surface area contributed by atoms with E-state index < -0.39 is 0 Å². The van der Waals surface area contributed by atoms with Crippen LogP contribution in [0.5, 0.6) is 0 Å². The average molecular weight is 268 g/mol. The Labute approximate surface area is 97.8 Å². The van der Waals surface area contributed by atoms with Crippen molar-refractivity contribution in [2.45, 2.75) is 26.4 Å². The first-order valence-electron chi connectivity index (χ1n) is 5.06. The topological polar surface area (TPSA) is 25.2 Å². The maximum atomic E-state index is 5.71. The van der Waals surface area contributed by atoms with Crippen molar-refractivity contribution in [3.8, 4) is 0 Å². The minimum absolute atomic E-state index is 0.477. The van der Waals surface area contributed by atoms with E-state index in [0.717, 1.165) is 27.7 Å². The Bertz CT molecular complexity index is 462. The third-order valence-corrected chi connectivity index (χ3v) is 2.71. The number of rotatable bonds is 3. The molecule has 0 saturated heterocycles. The standard InChI is InChI=1S/C12H14BrNO/c1-8(2)14-7-11-5-9-3-4-10(13)6-12(9)15-11/h3-6,8,14H,7H2,1-2H3. The molecule has 0 aliphatic rings. The molecule has 80 valence electrons. The summed E-state index contributed by atoms with van der Waals surface area (Å²) in [4.78, 5) is 0. The molecule has 0 aliphatic heterocycles. The Morgan fingerprint density at radius 3 is 2.87 bits per heavy atom. The second-order valence-corrected chi connectivity index (χ2v) is 4.85. The first kappa shape index (κ1) is 10.7. The molecule has 1 N–H and O–H groups in total. The summed E-state index contributed by atoms with van der Waals surface area (Å²) < 4.78 is 6.76. The van der Waals surface area contributed by atoms with Crippen LogP contribution < -0.4 is 5.32 Å². The van der Waals surface area contributed by atoms with Gasteiger partial charge in [-0.15, -0.1) is 0 Å². The fourth-order valence-electron chi connectivity index (χ4n) is 1.45. The molecule has 0 saturated carbocycles. The summed E-state index contributed by atoms with van der Waals surface area (Å²) in [5.74, 6) is 0.983. The van der Waals surface area contributed by atoms with E-state index in [1.165, 1.54) is 0 Å². The van der Waals surface area contributed by atoms with Crippen LogP contribution in [0.2, 0.25) is 0 Å². The van der Waals surface area contributed by atoms with E-state index in [-0.39, 0.29) is 0 Å². The van der Waals surface area contributed by atoms with Gasteiger partial charge in [-0.1, -0.05) is 29.8 Å². The van der Waals surface area contributed by atoms with Crippen LogP contribution in [0.1, 0.15) is 19.6 Å². The number of halogens is 1. The monoisotopic (exact) mass is 267 g/mol. The van der Waals surface area contributed by atoms with Gasteiger partial charge in [0.1, 0.15) is 11.3 Å². The predicted molar refractivity (Wildman–Crippen MR) is 65.9 cm³/mol. The van der Waals surface area contributed by atoms with Gasteiger partial charge in [0.25, 0.3) is 0 Å². The van der Waals surface area contributed by atoms with Gasteiger partial charge in [-0.2, -0.15) is 0 Å². The lowest BCUT2D eigenvalue weighted by Crippen LogP contribution is -2.21. The molecule has 2 aromatic rings. The van der Waals surface area contributed by atoms with Crippen molar-refractivity contribution in [2.75, 3.05) is 0 Å². The van der Waals surface area contributed by atoms with Crippen molar-refractivity contribution < 1.29 is 4.42 Å². The van der Waals surface area contributed by atoms with Gasteiger partial charge in [0.15, 0.2) is 0 Å². The first-order chi connectivity index (χ1) is 7.15. The van der Waals surface area contributed by atoms with Gasteiger partial charge in [-0.05, 0) is 24.3 Å². The molecule has 0 amide bonds. The Morgan fingerprint density at radius 1 is 1.33 bits per heavy atom. The van der Waals surface area contributed by atoms with E-state index in [4.69, 9.17) is 4.42 Å².